The molecule has 0 unspecified atom stereocenters. The number of hydrogen-bond acceptors (Lipinski definition) is 4. The SMILES string of the molecule is CC(C)(C)NCc1cnc(N2CCC(C(C)(C)C)CC2)s1. The van der Waals surface area contributed by atoms with E-state index in [1.54, 1.807) is 0 Å². The summed E-state index contributed by atoms with van der Waals surface area (Å²) in [5.41, 5.74) is 0.603. The van der Waals surface area contributed by atoms with Crippen molar-refractivity contribution in [2.24, 2.45) is 11.3 Å². The molecular formula is C17H31N3S. The van der Waals surface area contributed by atoms with E-state index in [0.717, 1.165) is 25.6 Å². The van der Waals surface area contributed by atoms with E-state index in [2.05, 4.69) is 56.7 Å². The molecule has 0 aromatic carbocycles. The largest absolute Gasteiger partial charge is 0.348 e. The average molecular weight is 310 g/mol. The molecule has 1 aromatic rings. The topological polar surface area (TPSA) is 28.2 Å². The monoisotopic (exact) mass is 309 g/mol. The highest BCUT2D eigenvalue weighted by atomic mass is 32.1. The van der Waals surface area contributed by atoms with Gasteiger partial charge in [-0.1, -0.05) is 20.8 Å². The molecule has 1 aromatic heterocycles. The van der Waals surface area contributed by atoms with Gasteiger partial charge in [-0.15, -0.1) is 11.3 Å². The zero-order valence-electron chi connectivity index (χ0n) is 14.5. The Bertz CT molecular complexity index is 445. The smallest absolute Gasteiger partial charge is 0.185 e. The molecule has 1 saturated heterocycles. The van der Waals surface area contributed by atoms with Gasteiger partial charge in [0.05, 0.1) is 0 Å². The third-order valence-electron chi connectivity index (χ3n) is 4.32. The second kappa shape index (κ2) is 6.25. The summed E-state index contributed by atoms with van der Waals surface area (Å²) in [6.45, 7) is 16.9. The average Bonchev–Trinajstić information content (AvgIpc) is 2.83. The summed E-state index contributed by atoms with van der Waals surface area (Å²) in [4.78, 5) is 8.43. The van der Waals surface area contributed by atoms with Gasteiger partial charge >= 0.3 is 0 Å². The van der Waals surface area contributed by atoms with Crippen LogP contribution in [-0.4, -0.2) is 23.6 Å². The van der Waals surface area contributed by atoms with Gasteiger partial charge in [-0.2, -0.15) is 0 Å². The fourth-order valence-corrected chi connectivity index (χ4v) is 3.72. The van der Waals surface area contributed by atoms with Gasteiger partial charge in [-0.25, -0.2) is 4.98 Å². The lowest BCUT2D eigenvalue weighted by atomic mass is 9.75. The zero-order chi connectivity index (χ0) is 15.7. The van der Waals surface area contributed by atoms with Crippen LogP contribution in [0, 0.1) is 11.3 Å². The van der Waals surface area contributed by atoms with E-state index in [1.165, 1.54) is 22.9 Å². The van der Waals surface area contributed by atoms with Crippen LogP contribution < -0.4 is 10.2 Å². The number of rotatable bonds is 3. The van der Waals surface area contributed by atoms with Crippen LogP contribution in [-0.2, 0) is 6.54 Å². The standard InChI is InChI=1S/C17H31N3S/c1-16(2,3)13-7-9-20(10-8-13)15-18-11-14(21-15)12-19-17(4,5)6/h11,13,19H,7-10,12H2,1-6H3. The Hall–Kier alpha value is -0.610. The van der Waals surface area contributed by atoms with Gasteiger partial charge in [0.15, 0.2) is 5.13 Å². The van der Waals surface area contributed by atoms with E-state index < -0.39 is 0 Å². The Morgan fingerprint density at radius 1 is 1.19 bits per heavy atom. The van der Waals surface area contributed by atoms with E-state index in [1.807, 2.05) is 17.5 Å². The Balaban J connectivity index is 1.88. The molecule has 0 radical (unpaired) electrons. The second-order valence-corrected chi connectivity index (χ2v) is 9.43. The quantitative estimate of drug-likeness (QED) is 0.902. The Kier molecular flexibility index (Phi) is 4.99. The molecule has 0 aliphatic carbocycles. The maximum Gasteiger partial charge on any atom is 0.185 e. The van der Waals surface area contributed by atoms with Crippen LogP contribution in [0.2, 0.25) is 0 Å². The molecule has 2 heterocycles. The Labute approximate surface area is 134 Å². The van der Waals surface area contributed by atoms with Crippen molar-refractivity contribution >= 4 is 16.5 Å². The number of nitrogens with one attached hydrogen (secondary N) is 1. The van der Waals surface area contributed by atoms with Crippen LogP contribution in [0.1, 0.15) is 59.3 Å². The first-order valence-electron chi connectivity index (χ1n) is 8.10. The lowest BCUT2D eigenvalue weighted by Gasteiger charge is -2.38. The fourth-order valence-electron chi connectivity index (χ4n) is 2.81. The van der Waals surface area contributed by atoms with E-state index in [9.17, 15) is 0 Å². The van der Waals surface area contributed by atoms with Crippen molar-refractivity contribution in [3.8, 4) is 0 Å². The highest BCUT2D eigenvalue weighted by molar-refractivity contribution is 7.15. The molecule has 0 amide bonds. The summed E-state index contributed by atoms with van der Waals surface area (Å²) in [7, 11) is 0. The zero-order valence-corrected chi connectivity index (χ0v) is 15.3. The third-order valence-corrected chi connectivity index (χ3v) is 5.38. The van der Waals surface area contributed by atoms with Gasteiger partial charge in [0.1, 0.15) is 0 Å². The van der Waals surface area contributed by atoms with Gasteiger partial charge in [0.25, 0.3) is 0 Å². The van der Waals surface area contributed by atoms with E-state index >= 15 is 0 Å². The molecular weight excluding hydrogens is 278 g/mol. The minimum absolute atomic E-state index is 0.162. The molecule has 120 valence electrons. The van der Waals surface area contributed by atoms with Gasteiger partial charge in [0.2, 0.25) is 0 Å². The normalized spacial score (nSPS) is 18.3. The minimum atomic E-state index is 0.162. The van der Waals surface area contributed by atoms with E-state index in [0.29, 0.717) is 5.41 Å². The summed E-state index contributed by atoms with van der Waals surface area (Å²) < 4.78 is 0. The Morgan fingerprint density at radius 3 is 2.33 bits per heavy atom. The van der Waals surface area contributed by atoms with Crippen molar-refractivity contribution in [1.82, 2.24) is 10.3 Å². The lowest BCUT2D eigenvalue weighted by molar-refractivity contribution is 0.199. The summed E-state index contributed by atoms with van der Waals surface area (Å²) >= 11 is 1.84. The van der Waals surface area contributed by atoms with Crippen molar-refractivity contribution in [2.45, 2.75) is 66.5 Å². The molecule has 0 saturated carbocycles. The number of thiazole rings is 1. The summed E-state index contributed by atoms with van der Waals surface area (Å²) in [5.74, 6) is 0.843. The molecule has 0 atom stereocenters. The maximum atomic E-state index is 4.63. The summed E-state index contributed by atoms with van der Waals surface area (Å²) in [6.07, 6.45) is 4.62. The van der Waals surface area contributed by atoms with Crippen LogP contribution >= 0.6 is 11.3 Å². The lowest BCUT2D eigenvalue weighted by Crippen LogP contribution is -2.37. The molecule has 1 N–H and O–H groups in total. The number of anilines is 1. The van der Waals surface area contributed by atoms with Crippen molar-refractivity contribution in [3.05, 3.63) is 11.1 Å². The number of hydrogen-bond donors (Lipinski definition) is 1. The van der Waals surface area contributed by atoms with Gasteiger partial charge in [-0.3, -0.25) is 0 Å². The number of nitrogens with zero attached hydrogens (tertiary/aromatic N) is 2. The first-order chi connectivity index (χ1) is 9.65. The number of piperidine rings is 1. The van der Waals surface area contributed by atoms with Crippen molar-refractivity contribution in [3.63, 3.8) is 0 Å². The molecule has 1 aliphatic heterocycles. The highest BCUT2D eigenvalue weighted by Gasteiger charge is 2.29. The van der Waals surface area contributed by atoms with Gasteiger partial charge in [0, 0.05) is 36.2 Å². The third kappa shape index (κ3) is 4.96. The molecule has 21 heavy (non-hydrogen) atoms. The highest BCUT2D eigenvalue weighted by Crippen LogP contribution is 2.36. The van der Waals surface area contributed by atoms with Crippen LogP contribution in [0.15, 0.2) is 6.20 Å². The molecule has 0 bridgehead atoms. The molecule has 3 nitrogen and oxygen atoms in total. The van der Waals surface area contributed by atoms with Gasteiger partial charge < -0.3 is 10.2 Å². The first kappa shape index (κ1) is 16.8. The molecule has 2 rings (SSSR count). The molecule has 1 aliphatic rings. The molecule has 4 heteroatoms. The first-order valence-corrected chi connectivity index (χ1v) is 8.91. The predicted octanol–water partition coefficient (Wildman–Crippen LogP) is 4.29. The van der Waals surface area contributed by atoms with Crippen molar-refractivity contribution < 1.29 is 0 Å². The summed E-state index contributed by atoms with van der Waals surface area (Å²) in [5, 5.41) is 4.74. The van der Waals surface area contributed by atoms with Crippen molar-refractivity contribution in [1.29, 1.82) is 0 Å². The van der Waals surface area contributed by atoms with E-state index in [4.69, 9.17) is 0 Å². The van der Waals surface area contributed by atoms with Gasteiger partial charge in [-0.05, 0) is 44.9 Å². The van der Waals surface area contributed by atoms with Crippen LogP contribution in [0.3, 0.4) is 0 Å². The van der Waals surface area contributed by atoms with Crippen LogP contribution in [0.25, 0.3) is 0 Å². The number of aromatic nitrogens is 1. The fraction of sp³-hybridized carbons (Fsp3) is 0.824. The molecule has 0 spiro atoms. The predicted molar refractivity (Wildman–Crippen MR) is 93.1 cm³/mol. The van der Waals surface area contributed by atoms with Crippen LogP contribution in [0.4, 0.5) is 5.13 Å². The second-order valence-electron chi connectivity index (χ2n) is 8.34. The maximum absolute atomic E-state index is 4.63. The van der Waals surface area contributed by atoms with Crippen LogP contribution in [0.5, 0.6) is 0 Å². The summed E-state index contributed by atoms with van der Waals surface area (Å²) in [6, 6.07) is 0. The Morgan fingerprint density at radius 2 is 1.81 bits per heavy atom. The molecule has 1 fully saturated rings. The van der Waals surface area contributed by atoms with Crippen molar-refractivity contribution in [2.75, 3.05) is 18.0 Å². The van der Waals surface area contributed by atoms with E-state index in [-0.39, 0.29) is 5.54 Å². The minimum Gasteiger partial charge on any atom is -0.348 e.